The van der Waals surface area contributed by atoms with Gasteiger partial charge in [0.25, 0.3) is 0 Å². The van der Waals surface area contributed by atoms with Crippen molar-refractivity contribution in [2.75, 3.05) is 13.4 Å². The van der Waals surface area contributed by atoms with Crippen LogP contribution in [0, 0.1) is 6.92 Å². The van der Waals surface area contributed by atoms with E-state index in [0.717, 1.165) is 11.1 Å². The van der Waals surface area contributed by atoms with Crippen LogP contribution in [-0.2, 0) is 9.84 Å². The monoisotopic (exact) mass is 272 g/mol. The average Bonchev–Trinajstić information content (AvgIpc) is 2.29. The maximum atomic E-state index is 11.7. The Morgan fingerprint density at radius 2 is 2.00 bits per heavy atom. The first kappa shape index (κ1) is 14.9. The van der Waals surface area contributed by atoms with Crippen LogP contribution in [0.15, 0.2) is 18.2 Å². The summed E-state index contributed by atoms with van der Waals surface area (Å²) in [7, 11) is -1.65. The Morgan fingerprint density at radius 1 is 1.39 bits per heavy atom. The molecule has 0 fully saturated rings. The Bertz CT molecular complexity index is 514. The summed E-state index contributed by atoms with van der Waals surface area (Å²) in [5.74, 6) is 6.13. The molecule has 0 saturated carbocycles. The minimum absolute atomic E-state index is 0.505. The van der Waals surface area contributed by atoms with Gasteiger partial charge < -0.3 is 4.74 Å². The number of benzene rings is 1. The molecule has 6 heteroatoms. The number of hydrazine groups is 1. The topological polar surface area (TPSA) is 81.4 Å². The Balaban J connectivity index is 3.28. The number of nitrogens with one attached hydrogen (secondary N) is 1. The molecule has 2 unspecified atom stereocenters. The molecular weight excluding hydrogens is 252 g/mol. The zero-order chi connectivity index (χ0) is 13.9. The summed E-state index contributed by atoms with van der Waals surface area (Å²) >= 11 is 0. The number of aryl methyl sites for hydroxylation is 1. The van der Waals surface area contributed by atoms with Crippen molar-refractivity contribution < 1.29 is 13.2 Å². The summed E-state index contributed by atoms with van der Waals surface area (Å²) < 4.78 is 28.6. The highest BCUT2D eigenvalue weighted by atomic mass is 32.2. The van der Waals surface area contributed by atoms with Crippen LogP contribution >= 0.6 is 0 Å². The molecule has 0 spiro atoms. The molecule has 0 saturated heterocycles. The molecule has 3 N–H and O–H groups in total. The van der Waals surface area contributed by atoms with E-state index in [1.807, 2.05) is 25.1 Å². The van der Waals surface area contributed by atoms with E-state index in [1.54, 1.807) is 14.0 Å². The molecule has 0 radical (unpaired) electrons. The van der Waals surface area contributed by atoms with E-state index >= 15 is 0 Å². The van der Waals surface area contributed by atoms with Crippen molar-refractivity contribution in [2.45, 2.75) is 25.1 Å². The third-order valence-electron chi connectivity index (χ3n) is 3.04. The minimum atomic E-state index is -3.20. The SMILES string of the molecule is COc1ccc(C)cc1C(NN)C(C)S(C)(=O)=O. The molecule has 1 aromatic rings. The standard InChI is InChI=1S/C12H20N2O3S/c1-8-5-6-11(17-3)10(7-8)12(14-13)9(2)18(4,15)16/h5-7,9,12,14H,13H2,1-4H3. The maximum Gasteiger partial charge on any atom is 0.151 e. The second kappa shape index (κ2) is 5.69. The minimum Gasteiger partial charge on any atom is -0.496 e. The molecule has 2 atom stereocenters. The third kappa shape index (κ3) is 3.22. The van der Waals surface area contributed by atoms with Crippen LogP contribution in [0.3, 0.4) is 0 Å². The normalized spacial score (nSPS) is 15.2. The number of hydrogen-bond donors (Lipinski definition) is 2. The lowest BCUT2D eigenvalue weighted by Gasteiger charge is -2.24. The molecule has 0 aliphatic heterocycles. The molecule has 18 heavy (non-hydrogen) atoms. The van der Waals surface area contributed by atoms with Crippen molar-refractivity contribution in [1.29, 1.82) is 0 Å². The molecule has 0 bridgehead atoms. The van der Waals surface area contributed by atoms with Crippen LogP contribution in [0.25, 0.3) is 0 Å². The second-order valence-corrected chi connectivity index (χ2v) is 6.83. The van der Waals surface area contributed by atoms with Crippen molar-refractivity contribution >= 4 is 9.84 Å². The fourth-order valence-corrected chi connectivity index (χ4v) is 2.54. The lowest BCUT2D eigenvalue weighted by Crippen LogP contribution is -2.39. The van der Waals surface area contributed by atoms with Crippen molar-refractivity contribution in [1.82, 2.24) is 5.43 Å². The van der Waals surface area contributed by atoms with Gasteiger partial charge in [-0.05, 0) is 19.9 Å². The van der Waals surface area contributed by atoms with Gasteiger partial charge in [0, 0.05) is 11.8 Å². The highest BCUT2D eigenvalue weighted by Gasteiger charge is 2.28. The van der Waals surface area contributed by atoms with Crippen molar-refractivity contribution in [3.8, 4) is 5.75 Å². The zero-order valence-electron chi connectivity index (χ0n) is 11.1. The smallest absolute Gasteiger partial charge is 0.151 e. The lowest BCUT2D eigenvalue weighted by molar-refractivity contribution is 0.397. The predicted molar refractivity (Wildman–Crippen MR) is 72.1 cm³/mol. The Labute approximate surface area is 108 Å². The van der Waals surface area contributed by atoms with Crippen LogP contribution < -0.4 is 16.0 Å². The molecule has 0 aliphatic rings. The van der Waals surface area contributed by atoms with Gasteiger partial charge in [-0.15, -0.1) is 0 Å². The van der Waals surface area contributed by atoms with Gasteiger partial charge in [0.1, 0.15) is 5.75 Å². The van der Waals surface area contributed by atoms with E-state index < -0.39 is 21.1 Å². The predicted octanol–water partition coefficient (Wildman–Crippen LogP) is 0.941. The van der Waals surface area contributed by atoms with E-state index in [0.29, 0.717) is 5.75 Å². The van der Waals surface area contributed by atoms with Crippen molar-refractivity contribution in [2.24, 2.45) is 5.84 Å². The molecule has 0 amide bonds. The van der Waals surface area contributed by atoms with Gasteiger partial charge in [0.2, 0.25) is 0 Å². The average molecular weight is 272 g/mol. The van der Waals surface area contributed by atoms with Gasteiger partial charge in [0.05, 0.1) is 18.4 Å². The van der Waals surface area contributed by atoms with Gasteiger partial charge >= 0.3 is 0 Å². The number of methoxy groups -OCH3 is 1. The zero-order valence-corrected chi connectivity index (χ0v) is 11.9. The first-order valence-electron chi connectivity index (χ1n) is 5.60. The number of nitrogens with two attached hydrogens (primary N) is 1. The molecule has 5 nitrogen and oxygen atoms in total. The molecule has 1 aromatic carbocycles. The molecule has 102 valence electrons. The largest absolute Gasteiger partial charge is 0.496 e. The van der Waals surface area contributed by atoms with E-state index in [1.165, 1.54) is 6.26 Å². The van der Waals surface area contributed by atoms with Gasteiger partial charge in [-0.2, -0.15) is 0 Å². The summed E-state index contributed by atoms with van der Waals surface area (Å²) in [5.41, 5.74) is 4.34. The Hall–Kier alpha value is -1.11. The molecule has 0 aliphatic carbocycles. The first-order chi connectivity index (χ1) is 8.31. The van der Waals surface area contributed by atoms with Crippen LogP contribution in [-0.4, -0.2) is 27.0 Å². The van der Waals surface area contributed by atoms with Gasteiger partial charge in [-0.25, -0.2) is 8.42 Å². The van der Waals surface area contributed by atoms with Crippen LogP contribution in [0.4, 0.5) is 0 Å². The second-order valence-electron chi connectivity index (χ2n) is 4.42. The van der Waals surface area contributed by atoms with Crippen LogP contribution in [0.5, 0.6) is 5.75 Å². The summed E-state index contributed by atoms with van der Waals surface area (Å²) in [5, 5.41) is -0.641. The fraction of sp³-hybridized carbons (Fsp3) is 0.500. The van der Waals surface area contributed by atoms with Crippen LogP contribution in [0.1, 0.15) is 24.1 Å². The van der Waals surface area contributed by atoms with Gasteiger partial charge in [-0.3, -0.25) is 11.3 Å². The fourth-order valence-electron chi connectivity index (χ4n) is 1.82. The molecule has 1 rings (SSSR count). The van der Waals surface area contributed by atoms with E-state index in [2.05, 4.69) is 5.43 Å². The number of sulfone groups is 1. The summed E-state index contributed by atoms with van der Waals surface area (Å²) in [4.78, 5) is 0. The summed E-state index contributed by atoms with van der Waals surface area (Å²) in [6, 6.07) is 5.09. The van der Waals surface area contributed by atoms with Crippen molar-refractivity contribution in [3.63, 3.8) is 0 Å². The van der Waals surface area contributed by atoms with Crippen molar-refractivity contribution in [3.05, 3.63) is 29.3 Å². The summed E-state index contributed by atoms with van der Waals surface area (Å²) in [6.45, 7) is 3.56. The Morgan fingerprint density at radius 3 is 2.44 bits per heavy atom. The maximum absolute atomic E-state index is 11.7. The Kier molecular flexibility index (Phi) is 4.72. The van der Waals surface area contributed by atoms with Gasteiger partial charge in [0.15, 0.2) is 9.84 Å². The highest BCUT2D eigenvalue weighted by molar-refractivity contribution is 7.91. The molecule has 0 aromatic heterocycles. The van der Waals surface area contributed by atoms with E-state index in [4.69, 9.17) is 10.6 Å². The molecule has 0 heterocycles. The number of ether oxygens (including phenoxy) is 1. The summed E-state index contributed by atoms with van der Waals surface area (Å²) in [6.07, 6.45) is 1.20. The van der Waals surface area contributed by atoms with Gasteiger partial charge in [-0.1, -0.05) is 17.7 Å². The number of hydrogen-bond acceptors (Lipinski definition) is 5. The van der Waals surface area contributed by atoms with E-state index in [-0.39, 0.29) is 0 Å². The third-order valence-corrected chi connectivity index (χ3v) is 4.67. The molecular formula is C12H20N2O3S. The van der Waals surface area contributed by atoms with E-state index in [9.17, 15) is 8.42 Å². The van der Waals surface area contributed by atoms with Crippen LogP contribution in [0.2, 0.25) is 0 Å². The number of rotatable bonds is 5. The lowest BCUT2D eigenvalue weighted by atomic mass is 10.0. The first-order valence-corrected chi connectivity index (χ1v) is 7.56. The quantitative estimate of drug-likeness (QED) is 0.616. The highest BCUT2D eigenvalue weighted by Crippen LogP contribution is 2.30.